The van der Waals surface area contributed by atoms with Gasteiger partial charge in [-0.25, -0.2) is 0 Å². The molecule has 0 saturated carbocycles. The normalized spacial score (nSPS) is 10.7. The van der Waals surface area contributed by atoms with Crippen LogP contribution in [0.25, 0.3) is 0 Å². The molecule has 0 saturated heterocycles. The SMILES string of the molecule is Cc1cc(NC(=O)c2cc(Nc3ccccc3C(C)C)ccn2)no1. The molecule has 1 amide bonds. The highest BCUT2D eigenvalue weighted by Gasteiger charge is 2.12. The van der Waals surface area contributed by atoms with Gasteiger partial charge >= 0.3 is 0 Å². The average molecular weight is 336 g/mol. The molecule has 0 fully saturated rings. The summed E-state index contributed by atoms with van der Waals surface area (Å²) in [5, 5.41) is 9.78. The van der Waals surface area contributed by atoms with Gasteiger partial charge in [-0.3, -0.25) is 9.78 Å². The van der Waals surface area contributed by atoms with Crippen LogP contribution < -0.4 is 10.6 Å². The summed E-state index contributed by atoms with van der Waals surface area (Å²) in [4.78, 5) is 16.5. The summed E-state index contributed by atoms with van der Waals surface area (Å²) in [5.41, 5.74) is 3.32. The van der Waals surface area contributed by atoms with Crippen molar-refractivity contribution in [1.29, 1.82) is 0 Å². The van der Waals surface area contributed by atoms with Crippen molar-refractivity contribution in [2.45, 2.75) is 26.7 Å². The number of carbonyl (C=O) groups is 1. The Kier molecular flexibility index (Phi) is 4.79. The third kappa shape index (κ3) is 4.03. The summed E-state index contributed by atoms with van der Waals surface area (Å²) >= 11 is 0. The number of aromatic nitrogens is 2. The summed E-state index contributed by atoms with van der Waals surface area (Å²) in [6.45, 7) is 6.05. The number of nitrogens with one attached hydrogen (secondary N) is 2. The fraction of sp³-hybridized carbons (Fsp3) is 0.211. The van der Waals surface area contributed by atoms with E-state index in [9.17, 15) is 4.79 Å². The number of rotatable bonds is 5. The molecule has 2 heterocycles. The lowest BCUT2D eigenvalue weighted by atomic mass is 10.0. The molecule has 2 aromatic heterocycles. The number of benzene rings is 1. The minimum Gasteiger partial charge on any atom is -0.360 e. The van der Waals surface area contributed by atoms with E-state index in [-0.39, 0.29) is 5.91 Å². The van der Waals surface area contributed by atoms with Crippen LogP contribution in [0, 0.1) is 6.92 Å². The highest BCUT2D eigenvalue weighted by Crippen LogP contribution is 2.27. The molecule has 128 valence electrons. The fourth-order valence-corrected chi connectivity index (χ4v) is 2.51. The van der Waals surface area contributed by atoms with E-state index in [0.29, 0.717) is 23.2 Å². The molecule has 1 aromatic carbocycles. The average Bonchev–Trinajstić information content (AvgIpc) is 3.00. The van der Waals surface area contributed by atoms with Crippen molar-refractivity contribution in [1.82, 2.24) is 10.1 Å². The number of amides is 1. The summed E-state index contributed by atoms with van der Waals surface area (Å²) in [5.74, 6) is 1.05. The molecule has 6 nitrogen and oxygen atoms in total. The smallest absolute Gasteiger partial charge is 0.275 e. The highest BCUT2D eigenvalue weighted by atomic mass is 16.5. The van der Waals surface area contributed by atoms with Crippen molar-refractivity contribution >= 4 is 23.1 Å². The first-order valence-corrected chi connectivity index (χ1v) is 8.09. The van der Waals surface area contributed by atoms with Gasteiger partial charge in [-0.1, -0.05) is 37.2 Å². The predicted molar refractivity (Wildman–Crippen MR) is 97.2 cm³/mol. The van der Waals surface area contributed by atoms with Gasteiger partial charge in [0.05, 0.1) is 0 Å². The molecule has 2 N–H and O–H groups in total. The number of hydrogen-bond acceptors (Lipinski definition) is 5. The van der Waals surface area contributed by atoms with Crippen molar-refractivity contribution in [3.8, 4) is 0 Å². The third-order valence-corrected chi connectivity index (χ3v) is 3.72. The quantitative estimate of drug-likeness (QED) is 0.717. The minimum atomic E-state index is -0.339. The number of anilines is 3. The summed E-state index contributed by atoms with van der Waals surface area (Å²) in [6, 6.07) is 13.3. The van der Waals surface area contributed by atoms with Gasteiger partial charge in [-0.2, -0.15) is 0 Å². The third-order valence-electron chi connectivity index (χ3n) is 3.72. The fourth-order valence-electron chi connectivity index (χ4n) is 2.51. The maximum Gasteiger partial charge on any atom is 0.275 e. The Labute approximate surface area is 146 Å². The second kappa shape index (κ2) is 7.17. The van der Waals surface area contributed by atoms with Crippen LogP contribution in [0.15, 0.2) is 53.2 Å². The van der Waals surface area contributed by atoms with Crippen molar-refractivity contribution in [2.75, 3.05) is 10.6 Å². The Morgan fingerprint density at radius 3 is 2.68 bits per heavy atom. The molecule has 25 heavy (non-hydrogen) atoms. The van der Waals surface area contributed by atoms with Gasteiger partial charge in [-0.15, -0.1) is 0 Å². The zero-order chi connectivity index (χ0) is 17.8. The van der Waals surface area contributed by atoms with Gasteiger partial charge in [0.2, 0.25) is 0 Å². The lowest BCUT2D eigenvalue weighted by molar-refractivity contribution is 0.102. The maximum atomic E-state index is 12.3. The summed E-state index contributed by atoms with van der Waals surface area (Å²) in [7, 11) is 0. The Hall–Kier alpha value is -3.15. The molecule has 0 radical (unpaired) electrons. The topological polar surface area (TPSA) is 80.0 Å². The first-order valence-electron chi connectivity index (χ1n) is 8.09. The van der Waals surface area contributed by atoms with E-state index in [1.807, 2.05) is 24.3 Å². The monoisotopic (exact) mass is 336 g/mol. The number of nitrogens with zero attached hydrogens (tertiary/aromatic N) is 2. The molecule has 3 rings (SSSR count). The minimum absolute atomic E-state index is 0.299. The molecule has 0 atom stereocenters. The van der Waals surface area contributed by atoms with Crippen LogP contribution in [0.5, 0.6) is 0 Å². The van der Waals surface area contributed by atoms with E-state index < -0.39 is 0 Å². The Bertz CT molecular complexity index is 886. The Morgan fingerprint density at radius 1 is 1.16 bits per heavy atom. The van der Waals surface area contributed by atoms with Crippen LogP contribution in [-0.2, 0) is 0 Å². The van der Waals surface area contributed by atoms with Crippen molar-refractivity contribution in [3.05, 3.63) is 65.7 Å². The second-order valence-corrected chi connectivity index (χ2v) is 6.07. The molecule has 6 heteroatoms. The summed E-state index contributed by atoms with van der Waals surface area (Å²) in [6.07, 6.45) is 1.60. The molecule has 0 aliphatic carbocycles. The van der Waals surface area contributed by atoms with Crippen LogP contribution in [0.2, 0.25) is 0 Å². The van der Waals surface area contributed by atoms with E-state index in [0.717, 1.165) is 11.4 Å². The molecular weight excluding hydrogens is 316 g/mol. The number of para-hydroxylation sites is 1. The zero-order valence-electron chi connectivity index (χ0n) is 14.4. The molecule has 0 aliphatic heterocycles. The zero-order valence-corrected chi connectivity index (χ0v) is 14.4. The predicted octanol–water partition coefficient (Wildman–Crippen LogP) is 4.50. The highest BCUT2D eigenvalue weighted by molar-refractivity contribution is 6.02. The van der Waals surface area contributed by atoms with Gasteiger partial charge in [0.1, 0.15) is 11.5 Å². The Morgan fingerprint density at radius 2 is 1.96 bits per heavy atom. The van der Waals surface area contributed by atoms with Gasteiger partial charge in [0.15, 0.2) is 5.82 Å². The molecule has 0 aliphatic rings. The van der Waals surface area contributed by atoms with Crippen LogP contribution in [0.4, 0.5) is 17.2 Å². The van der Waals surface area contributed by atoms with Crippen molar-refractivity contribution < 1.29 is 9.32 Å². The first kappa shape index (κ1) is 16.7. The first-order chi connectivity index (χ1) is 12.0. The van der Waals surface area contributed by atoms with Gasteiger partial charge in [-0.05, 0) is 36.6 Å². The largest absolute Gasteiger partial charge is 0.360 e. The summed E-state index contributed by atoms with van der Waals surface area (Å²) < 4.78 is 4.94. The van der Waals surface area contributed by atoms with Crippen molar-refractivity contribution in [3.63, 3.8) is 0 Å². The van der Waals surface area contributed by atoms with E-state index in [1.165, 1.54) is 5.56 Å². The number of aryl methyl sites for hydroxylation is 1. The number of hydrogen-bond donors (Lipinski definition) is 2. The molecule has 0 spiro atoms. The number of carbonyl (C=O) groups excluding carboxylic acids is 1. The molecule has 0 unspecified atom stereocenters. The van der Waals surface area contributed by atoms with E-state index in [2.05, 4.69) is 40.7 Å². The molecule has 3 aromatic rings. The van der Waals surface area contributed by atoms with Crippen molar-refractivity contribution in [2.24, 2.45) is 0 Å². The number of pyridine rings is 1. The second-order valence-electron chi connectivity index (χ2n) is 6.07. The van der Waals surface area contributed by atoms with Crippen LogP contribution >= 0.6 is 0 Å². The maximum absolute atomic E-state index is 12.3. The standard InChI is InChI=1S/C19H20N4O2/c1-12(2)15-6-4-5-7-16(15)21-14-8-9-20-17(11-14)19(24)22-18-10-13(3)25-23-18/h4-12H,1-3H3,(H,20,21)(H,22,23,24). The van der Waals surface area contributed by atoms with Crippen LogP contribution in [0.3, 0.4) is 0 Å². The van der Waals surface area contributed by atoms with Gasteiger partial charge < -0.3 is 15.2 Å². The van der Waals surface area contributed by atoms with E-state index in [1.54, 1.807) is 25.3 Å². The van der Waals surface area contributed by atoms with Gasteiger partial charge in [0.25, 0.3) is 5.91 Å². The van der Waals surface area contributed by atoms with E-state index >= 15 is 0 Å². The Balaban J connectivity index is 1.79. The lowest BCUT2D eigenvalue weighted by Gasteiger charge is -2.14. The van der Waals surface area contributed by atoms with E-state index in [4.69, 9.17) is 4.52 Å². The van der Waals surface area contributed by atoms with Crippen LogP contribution in [0.1, 0.15) is 41.6 Å². The molecular formula is C19H20N4O2. The lowest BCUT2D eigenvalue weighted by Crippen LogP contribution is -2.14. The van der Waals surface area contributed by atoms with Crippen LogP contribution in [-0.4, -0.2) is 16.0 Å². The van der Waals surface area contributed by atoms with Gasteiger partial charge in [0, 0.05) is 23.6 Å². The molecule has 0 bridgehead atoms.